The van der Waals surface area contributed by atoms with Crippen molar-refractivity contribution in [1.29, 1.82) is 0 Å². The molecule has 108 valence electrons. The van der Waals surface area contributed by atoms with Crippen LogP contribution in [0.2, 0.25) is 5.02 Å². The number of carbonyl (C=O) groups is 1. The van der Waals surface area contributed by atoms with Gasteiger partial charge < -0.3 is 10.4 Å². The number of nitrogens with one attached hydrogen (secondary N) is 1. The van der Waals surface area contributed by atoms with Gasteiger partial charge in [0.15, 0.2) is 0 Å². The van der Waals surface area contributed by atoms with Crippen molar-refractivity contribution in [1.82, 2.24) is 0 Å². The van der Waals surface area contributed by atoms with Gasteiger partial charge in [0.25, 0.3) is 0 Å². The van der Waals surface area contributed by atoms with E-state index in [9.17, 15) is 14.3 Å². The highest BCUT2D eigenvalue weighted by atomic mass is 35.5. The number of amides is 1. The van der Waals surface area contributed by atoms with Crippen molar-refractivity contribution in [3.8, 4) is 0 Å². The zero-order valence-corrected chi connectivity index (χ0v) is 11.8. The van der Waals surface area contributed by atoms with E-state index in [0.717, 1.165) is 11.3 Å². The SMILES string of the molecule is O=C1CCc2cc(C(O)c3c(F)cccc3Cl)ccc2N1. The van der Waals surface area contributed by atoms with Crippen molar-refractivity contribution in [2.24, 2.45) is 0 Å². The number of halogens is 2. The monoisotopic (exact) mass is 305 g/mol. The van der Waals surface area contributed by atoms with Crippen molar-refractivity contribution < 1.29 is 14.3 Å². The molecule has 1 atom stereocenters. The van der Waals surface area contributed by atoms with Gasteiger partial charge in [-0.2, -0.15) is 0 Å². The van der Waals surface area contributed by atoms with Crippen molar-refractivity contribution in [3.63, 3.8) is 0 Å². The van der Waals surface area contributed by atoms with Gasteiger partial charge in [0.2, 0.25) is 5.91 Å². The Balaban J connectivity index is 1.99. The molecule has 3 nitrogen and oxygen atoms in total. The molecule has 0 radical (unpaired) electrons. The van der Waals surface area contributed by atoms with E-state index in [0.29, 0.717) is 18.4 Å². The second-order valence-corrected chi connectivity index (χ2v) is 5.41. The minimum atomic E-state index is -1.14. The number of rotatable bonds is 2. The average molecular weight is 306 g/mol. The van der Waals surface area contributed by atoms with Crippen LogP contribution in [0.15, 0.2) is 36.4 Å². The first kappa shape index (κ1) is 14.0. The number of aryl methyl sites for hydroxylation is 1. The minimum absolute atomic E-state index is 0.0204. The summed E-state index contributed by atoms with van der Waals surface area (Å²) in [7, 11) is 0. The number of hydrogen-bond acceptors (Lipinski definition) is 2. The van der Waals surface area contributed by atoms with Gasteiger partial charge in [-0.1, -0.05) is 29.8 Å². The van der Waals surface area contributed by atoms with Crippen LogP contribution < -0.4 is 5.32 Å². The van der Waals surface area contributed by atoms with Crippen molar-refractivity contribution in [2.45, 2.75) is 18.9 Å². The molecule has 0 saturated carbocycles. The third-order valence-electron chi connectivity index (χ3n) is 3.61. The molecule has 2 aromatic rings. The minimum Gasteiger partial charge on any atom is -0.383 e. The van der Waals surface area contributed by atoms with Gasteiger partial charge in [0, 0.05) is 22.7 Å². The predicted octanol–water partition coefficient (Wildman–Crippen LogP) is 3.45. The van der Waals surface area contributed by atoms with Gasteiger partial charge in [0.1, 0.15) is 11.9 Å². The maximum absolute atomic E-state index is 13.9. The van der Waals surface area contributed by atoms with Crippen LogP contribution in [0.4, 0.5) is 10.1 Å². The molecular formula is C16H13ClFNO2. The van der Waals surface area contributed by atoms with Crippen molar-refractivity contribution >= 4 is 23.2 Å². The van der Waals surface area contributed by atoms with Crippen LogP contribution in [0.5, 0.6) is 0 Å². The summed E-state index contributed by atoms with van der Waals surface area (Å²) in [5.41, 5.74) is 2.29. The molecule has 0 spiro atoms. The molecule has 0 bridgehead atoms. The molecule has 0 aliphatic carbocycles. The molecule has 0 aromatic heterocycles. The number of carbonyl (C=O) groups excluding carboxylic acids is 1. The summed E-state index contributed by atoms with van der Waals surface area (Å²) in [5.74, 6) is -0.561. The topological polar surface area (TPSA) is 49.3 Å². The second-order valence-electron chi connectivity index (χ2n) is 5.00. The number of hydrogen-bond donors (Lipinski definition) is 2. The fraction of sp³-hybridized carbons (Fsp3) is 0.188. The molecule has 0 fully saturated rings. The predicted molar refractivity (Wildman–Crippen MR) is 78.9 cm³/mol. The highest BCUT2D eigenvalue weighted by molar-refractivity contribution is 6.31. The molecule has 5 heteroatoms. The van der Waals surface area contributed by atoms with Gasteiger partial charge >= 0.3 is 0 Å². The fourth-order valence-corrected chi connectivity index (χ4v) is 2.78. The van der Waals surface area contributed by atoms with E-state index in [1.807, 2.05) is 0 Å². The molecule has 3 rings (SSSR count). The Morgan fingerprint density at radius 3 is 2.81 bits per heavy atom. The zero-order chi connectivity index (χ0) is 15.0. The highest BCUT2D eigenvalue weighted by Crippen LogP contribution is 2.33. The number of fused-ring (bicyclic) bond motifs is 1. The van der Waals surface area contributed by atoms with Crippen molar-refractivity contribution in [3.05, 3.63) is 63.9 Å². The van der Waals surface area contributed by atoms with Crippen LogP contribution in [0.1, 0.15) is 29.2 Å². The summed E-state index contributed by atoms with van der Waals surface area (Å²) in [4.78, 5) is 11.3. The van der Waals surface area contributed by atoms with E-state index in [4.69, 9.17) is 11.6 Å². The van der Waals surface area contributed by atoms with Gasteiger partial charge in [-0.25, -0.2) is 4.39 Å². The zero-order valence-electron chi connectivity index (χ0n) is 11.1. The summed E-state index contributed by atoms with van der Waals surface area (Å²) < 4.78 is 13.9. The van der Waals surface area contributed by atoms with E-state index >= 15 is 0 Å². The molecule has 1 heterocycles. The van der Waals surface area contributed by atoms with E-state index in [1.54, 1.807) is 24.3 Å². The van der Waals surface area contributed by atoms with Crippen LogP contribution in [0.25, 0.3) is 0 Å². The van der Waals surface area contributed by atoms with Crippen LogP contribution in [-0.4, -0.2) is 11.0 Å². The first-order valence-corrected chi connectivity index (χ1v) is 6.98. The Labute approximate surface area is 126 Å². The van der Waals surface area contributed by atoms with E-state index in [-0.39, 0.29) is 16.5 Å². The Kier molecular flexibility index (Phi) is 3.66. The smallest absolute Gasteiger partial charge is 0.224 e. The highest BCUT2D eigenvalue weighted by Gasteiger charge is 2.21. The molecule has 0 saturated heterocycles. The van der Waals surface area contributed by atoms with Gasteiger partial charge in [-0.3, -0.25) is 4.79 Å². The van der Waals surface area contributed by atoms with Gasteiger partial charge in [0.05, 0.1) is 0 Å². The summed E-state index contributed by atoms with van der Waals surface area (Å²) in [5, 5.41) is 13.4. The maximum Gasteiger partial charge on any atom is 0.224 e. The first-order chi connectivity index (χ1) is 10.1. The lowest BCUT2D eigenvalue weighted by molar-refractivity contribution is -0.116. The normalized spacial score (nSPS) is 15.3. The summed E-state index contributed by atoms with van der Waals surface area (Å²) in [6.45, 7) is 0. The van der Waals surface area contributed by atoms with E-state index in [2.05, 4.69) is 5.32 Å². The molecule has 1 unspecified atom stereocenters. The quantitative estimate of drug-likeness (QED) is 0.893. The lowest BCUT2D eigenvalue weighted by Crippen LogP contribution is -2.19. The molecule has 2 N–H and O–H groups in total. The summed E-state index contributed by atoms with van der Waals surface area (Å²) in [6.07, 6.45) is -0.124. The lowest BCUT2D eigenvalue weighted by Gasteiger charge is -2.20. The Morgan fingerprint density at radius 2 is 2.05 bits per heavy atom. The van der Waals surface area contributed by atoms with Crippen LogP contribution in [0, 0.1) is 5.82 Å². The summed E-state index contributed by atoms with van der Waals surface area (Å²) in [6, 6.07) is 9.47. The van der Waals surface area contributed by atoms with Gasteiger partial charge in [-0.15, -0.1) is 0 Å². The van der Waals surface area contributed by atoms with Gasteiger partial charge in [-0.05, 0) is 35.7 Å². The van der Waals surface area contributed by atoms with E-state index < -0.39 is 11.9 Å². The largest absolute Gasteiger partial charge is 0.383 e. The fourth-order valence-electron chi connectivity index (χ4n) is 2.51. The van der Waals surface area contributed by atoms with Crippen LogP contribution in [-0.2, 0) is 11.2 Å². The summed E-state index contributed by atoms with van der Waals surface area (Å²) >= 11 is 5.98. The molecule has 2 aromatic carbocycles. The Bertz CT molecular complexity index is 697. The van der Waals surface area contributed by atoms with E-state index in [1.165, 1.54) is 12.1 Å². The van der Waals surface area contributed by atoms with Crippen LogP contribution >= 0.6 is 11.6 Å². The Hall–Kier alpha value is -1.91. The molecule has 1 amide bonds. The third-order valence-corrected chi connectivity index (χ3v) is 3.94. The standard InChI is InChI=1S/C16H13ClFNO2/c17-11-2-1-3-12(18)15(11)16(21)10-4-6-13-9(8-10)5-7-14(20)19-13/h1-4,6,8,16,21H,5,7H2,(H,19,20). The first-order valence-electron chi connectivity index (χ1n) is 6.61. The number of anilines is 1. The Morgan fingerprint density at radius 1 is 1.24 bits per heavy atom. The average Bonchev–Trinajstić information content (AvgIpc) is 2.46. The number of aliphatic hydroxyl groups is 1. The number of aliphatic hydroxyl groups excluding tert-OH is 1. The lowest BCUT2D eigenvalue weighted by atomic mass is 9.95. The van der Waals surface area contributed by atoms with Crippen molar-refractivity contribution in [2.75, 3.05) is 5.32 Å². The number of benzene rings is 2. The molecule has 21 heavy (non-hydrogen) atoms. The molecule has 1 aliphatic rings. The molecular weight excluding hydrogens is 293 g/mol. The van der Waals surface area contributed by atoms with Crippen LogP contribution in [0.3, 0.4) is 0 Å². The third kappa shape index (κ3) is 2.64. The second kappa shape index (κ2) is 5.47. The maximum atomic E-state index is 13.9. The molecule has 1 aliphatic heterocycles.